The van der Waals surface area contributed by atoms with Crippen LogP contribution in [-0.2, 0) is 22.6 Å². The molecule has 3 rings (SSSR count). The molecule has 7 nitrogen and oxygen atoms in total. The van der Waals surface area contributed by atoms with E-state index in [1.54, 1.807) is 23.7 Å². The van der Waals surface area contributed by atoms with Crippen molar-refractivity contribution in [3.05, 3.63) is 63.7 Å². The molecule has 1 unspecified atom stereocenters. The van der Waals surface area contributed by atoms with Gasteiger partial charge >= 0.3 is 159 Å². The summed E-state index contributed by atoms with van der Waals surface area (Å²) in [5, 5.41) is 10.8. The van der Waals surface area contributed by atoms with Gasteiger partial charge in [-0.05, 0) is 0 Å². The fraction of sp³-hybridized carbons (Fsp3) is 0.167. The standard InChI is InChI=1S/C18H14N2O5.Ru/c1-3-15-18(22)19(14-6-4-5-11(2)16(14)25-15)17(21)12-7-9-13(10-8-12)20(23)24;/h2,4-10,15H,3H2,1H3;/q;+1. The molecular weight excluding hydrogens is 425 g/mol. The summed E-state index contributed by atoms with van der Waals surface area (Å²) in [7, 11) is 0. The maximum atomic E-state index is 13.0. The SMILES string of the molecule is CCC1Oc2c([CH]=[Ru+])cccc2N(C(=O)c2ccc([N+](=O)[O-])cc2)C1=O. The molecule has 2 amide bonds. The van der Waals surface area contributed by atoms with E-state index in [-0.39, 0.29) is 11.3 Å². The topological polar surface area (TPSA) is 89.8 Å². The van der Waals surface area contributed by atoms with Gasteiger partial charge in [0.15, 0.2) is 0 Å². The summed E-state index contributed by atoms with van der Waals surface area (Å²) in [5.41, 5.74) is 1.18. The summed E-state index contributed by atoms with van der Waals surface area (Å²) in [4.78, 5) is 37.1. The zero-order chi connectivity index (χ0) is 18.8. The Morgan fingerprint density at radius 1 is 1.31 bits per heavy atom. The second kappa shape index (κ2) is 7.26. The number of carbonyl (C=O) groups excluding carboxylic acids is 2. The van der Waals surface area contributed by atoms with Gasteiger partial charge in [-0.3, -0.25) is 0 Å². The fourth-order valence-corrected chi connectivity index (χ4v) is 3.10. The number of non-ortho nitro benzene ring substituents is 1. The van der Waals surface area contributed by atoms with Crippen molar-refractivity contribution < 1.29 is 37.1 Å². The Hall–Kier alpha value is -2.73. The van der Waals surface area contributed by atoms with Gasteiger partial charge in [-0.1, -0.05) is 0 Å². The molecule has 1 heterocycles. The van der Waals surface area contributed by atoms with E-state index in [4.69, 9.17) is 4.74 Å². The maximum absolute atomic E-state index is 13.0. The predicted molar refractivity (Wildman–Crippen MR) is 91.2 cm³/mol. The number of hydrogen-bond donors (Lipinski definition) is 0. The Balaban J connectivity index is 2.07. The van der Waals surface area contributed by atoms with Crippen molar-refractivity contribution in [3.63, 3.8) is 0 Å². The van der Waals surface area contributed by atoms with Crippen LogP contribution in [0, 0.1) is 10.1 Å². The molecule has 2 aromatic rings. The van der Waals surface area contributed by atoms with Crippen LogP contribution in [0.3, 0.4) is 0 Å². The van der Waals surface area contributed by atoms with Gasteiger partial charge in [0.1, 0.15) is 0 Å². The molecule has 0 spiro atoms. The number of ether oxygens (including phenoxy) is 1. The average molecular weight is 439 g/mol. The van der Waals surface area contributed by atoms with E-state index in [0.29, 0.717) is 17.9 Å². The van der Waals surface area contributed by atoms with Crippen molar-refractivity contribution in [2.75, 3.05) is 4.90 Å². The third-order valence-electron chi connectivity index (χ3n) is 4.03. The summed E-state index contributed by atoms with van der Waals surface area (Å²) in [6.07, 6.45) is -0.355. The molecule has 0 fully saturated rings. The molecule has 0 saturated carbocycles. The first-order valence-corrected chi connectivity index (χ1v) is 8.82. The van der Waals surface area contributed by atoms with Gasteiger partial charge in [0.2, 0.25) is 0 Å². The average Bonchev–Trinajstić information content (AvgIpc) is 2.66. The van der Waals surface area contributed by atoms with Crippen molar-refractivity contribution in [3.8, 4) is 5.75 Å². The Morgan fingerprint density at radius 2 is 2.00 bits per heavy atom. The number of benzene rings is 2. The summed E-state index contributed by atoms with van der Waals surface area (Å²) in [6.45, 7) is 1.80. The normalized spacial score (nSPS) is 15.8. The number of anilines is 1. The number of amides is 2. The number of rotatable bonds is 4. The van der Waals surface area contributed by atoms with E-state index < -0.39 is 22.8 Å². The third-order valence-corrected chi connectivity index (χ3v) is 4.57. The summed E-state index contributed by atoms with van der Waals surface area (Å²) in [6, 6.07) is 10.4. The number of nitro groups is 1. The molecule has 0 saturated heterocycles. The molecule has 1 aliphatic heterocycles. The van der Waals surface area contributed by atoms with Crippen LogP contribution in [-0.4, -0.2) is 27.5 Å². The fourth-order valence-electron chi connectivity index (χ4n) is 2.70. The van der Waals surface area contributed by atoms with E-state index in [1.807, 2.05) is 6.07 Å². The molecule has 133 valence electrons. The van der Waals surface area contributed by atoms with Gasteiger partial charge in [0, 0.05) is 0 Å². The molecule has 1 atom stereocenters. The predicted octanol–water partition coefficient (Wildman–Crippen LogP) is 2.64. The Kier molecular flexibility index (Phi) is 5.04. The van der Waals surface area contributed by atoms with Crippen LogP contribution in [0.25, 0.3) is 0 Å². The third kappa shape index (κ3) is 3.08. The van der Waals surface area contributed by atoms with E-state index in [0.717, 1.165) is 10.5 Å². The molecule has 0 radical (unpaired) electrons. The molecule has 0 aromatic heterocycles. The van der Waals surface area contributed by atoms with Gasteiger partial charge in [-0.2, -0.15) is 0 Å². The minimum absolute atomic E-state index is 0.123. The summed E-state index contributed by atoms with van der Waals surface area (Å²) >= 11 is 2.37. The first-order valence-electron chi connectivity index (χ1n) is 7.82. The van der Waals surface area contributed by atoms with Crippen LogP contribution in [0.2, 0.25) is 0 Å². The molecule has 1 aliphatic rings. The molecule has 2 aromatic carbocycles. The first kappa shape index (κ1) is 18.1. The number of nitro benzene ring substituents is 1. The number of nitrogens with zero attached hydrogens (tertiary/aromatic N) is 2. The summed E-state index contributed by atoms with van der Waals surface area (Å²) in [5.74, 6) is -0.534. The van der Waals surface area contributed by atoms with Gasteiger partial charge in [0.25, 0.3) is 0 Å². The van der Waals surface area contributed by atoms with E-state index >= 15 is 0 Å². The second-order valence-corrected chi connectivity index (χ2v) is 6.10. The molecule has 26 heavy (non-hydrogen) atoms. The Morgan fingerprint density at radius 3 is 2.58 bits per heavy atom. The number of para-hydroxylation sites is 1. The van der Waals surface area contributed by atoms with Crippen LogP contribution in [0.15, 0.2) is 42.5 Å². The van der Waals surface area contributed by atoms with E-state index in [1.165, 1.54) is 24.3 Å². The quantitative estimate of drug-likeness (QED) is 0.316. The van der Waals surface area contributed by atoms with Crippen LogP contribution in [0.5, 0.6) is 5.75 Å². The molecule has 8 heteroatoms. The van der Waals surface area contributed by atoms with Crippen LogP contribution < -0.4 is 9.64 Å². The zero-order valence-electron chi connectivity index (χ0n) is 13.7. The minimum atomic E-state index is -0.766. The van der Waals surface area contributed by atoms with Gasteiger partial charge in [0.05, 0.1) is 0 Å². The number of carbonyl (C=O) groups is 2. The number of fused-ring (bicyclic) bond motifs is 1. The first-order chi connectivity index (χ1) is 12.5. The number of hydrogen-bond acceptors (Lipinski definition) is 5. The number of imide groups is 1. The molecular formula is C18H14N2O5Ru+. The van der Waals surface area contributed by atoms with E-state index in [2.05, 4.69) is 17.9 Å². The van der Waals surface area contributed by atoms with Crippen LogP contribution >= 0.6 is 0 Å². The van der Waals surface area contributed by atoms with Crippen molar-refractivity contribution in [1.82, 2.24) is 0 Å². The van der Waals surface area contributed by atoms with Crippen molar-refractivity contribution in [2.45, 2.75) is 19.4 Å². The van der Waals surface area contributed by atoms with Gasteiger partial charge in [-0.15, -0.1) is 0 Å². The summed E-state index contributed by atoms with van der Waals surface area (Å²) < 4.78 is 7.58. The van der Waals surface area contributed by atoms with Crippen LogP contribution in [0.1, 0.15) is 29.3 Å². The van der Waals surface area contributed by atoms with Gasteiger partial charge < -0.3 is 0 Å². The van der Waals surface area contributed by atoms with E-state index in [9.17, 15) is 19.7 Å². The molecule has 0 bridgehead atoms. The zero-order valence-corrected chi connectivity index (χ0v) is 15.4. The Labute approximate surface area is 158 Å². The molecule has 0 N–H and O–H groups in total. The van der Waals surface area contributed by atoms with Crippen molar-refractivity contribution in [2.24, 2.45) is 0 Å². The van der Waals surface area contributed by atoms with Crippen LogP contribution in [0.4, 0.5) is 11.4 Å². The van der Waals surface area contributed by atoms with Crippen molar-refractivity contribution >= 4 is 27.8 Å². The monoisotopic (exact) mass is 440 g/mol. The Bertz CT molecular complexity index is 910. The van der Waals surface area contributed by atoms with Gasteiger partial charge in [-0.25, -0.2) is 0 Å². The molecule has 0 aliphatic carbocycles. The van der Waals surface area contributed by atoms with Crippen molar-refractivity contribution in [1.29, 1.82) is 0 Å². The second-order valence-electron chi connectivity index (χ2n) is 5.60.